The van der Waals surface area contributed by atoms with Crippen LogP contribution >= 0.6 is 0 Å². The van der Waals surface area contributed by atoms with Gasteiger partial charge in [0, 0.05) is 38.2 Å². The predicted molar refractivity (Wildman–Crippen MR) is 115 cm³/mol. The Kier molecular flexibility index (Phi) is 5.49. The molecule has 3 saturated heterocycles. The molecular weight excluding hydrogens is 360 g/mol. The van der Waals surface area contributed by atoms with Crippen LogP contribution in [-0.4, -0.2) is 61.1 Å². The minimum absolute atomic E-state index is 0.0915. The van der Waals surface area contributed by atoms with Gasteiger partial charge >= 0.3 is 0 Å². The molecule has 4 aliphatic rings. The van der Waals surface area contributed by atoms with E-state index in [4.69, 9.17) is 4.74 Å². The molecule has 0 bridgehead atoms. The summed E-state index contributed by atoms with van der Waals surface area (Å²) >= 11 is 0. The number of rotatable bonds is 5. The SMILES string of the molecule is CC1CCCN1CCc1ccc(C2C=CC3CN(C(=O)C4CCOC4)CC32)cc1. The summed E-state index contributed by atoms with van der Waals surface area (Å²) in [5, 5.41) is 0. The fourth-order valence-corrected chi connectivity index (χ4v) is 5.87. The number of carbonyl (C=O) groups is 1. The van der Waals surface area contributed by atoms with Crippen molar-refractivity contribution in [3.8, 4) is 0 Å². The van der Waals surface area contributed by atoms with Gasteiger partial charge in [-0.25, -0.2) is 0 Å². The van der Waals surface area contributed by atoms with E-state index in [1.54, 1.807) is 0 Å². The first-order valence-electron chi connectivity index (χ1n) is 11.6. The highest BCUT2D eigenvalue weighted by Gasteiger charge is 2.43. The van der Waals surface area contributed by atoms with Crippen LogP contribution in [0, 0.1) is 17.8 Å². The smallest absolute Gasteiger partial charge is 0.228 e. The normalized spacial score (nSPS) is 34.2. The van der Waals surface area contributed by atoms with Crippen molar-refractivity contribution in [1.29, 1.82) is 0 Å². The first-order valence-corrected chi connectivity index (χ1v) is 11.6. The molecule has 4 heteroatoms. The molecule has 1 aromatic rings. The first-order chi connectivity index (χ1) is 14.2. The molecule has 156 valence electrons. The van der Waals surface area contributed by atoms with E-state index in [1.165, 1.54) is 37.1 Å². The van der Waals surface area contributed by atoms with Gasteiger partial charge in [0.25, 0.3) is 0 Å². The van der Waals surface area contributed by atoms with E-state index in [1.807, 2.05) is 0 Å². The number of amides is 1. The van der Waals surface area contributed by atoms with Crippen LogP contribution in [0.15, 0.2) is 36.4 Å². The third kappa shape index (κ3) is 3.89. The van der Waals surface area contributed by atoms with Gasteiger partial charge in [0.15, 0.2) is 0 Å². The molecule has 5 atom stereocenters. The van der Waals surface area contributed by atoms with Gasteiger partial charge in [-0.15, -0.1) is 0 Å². The maximum atomic E-state index is 12.8. The van der Waals surface area contributed by atoms with E-state index < -0.39 is 0 Å². The van der Waals surface area contributed by atoms with Crippen LogP contribution < -0.4 is 0 Å². The van der Waals surface area contributed by atoms with Crippen LogP contribution in [-0.2, 0) is 16.0 Å². The third-order valence-corrected chi connectivity index (χ3v) is 7.77. The van der Waals surface area contributed by atoms with Crippen molar-refractivity contribution in [2.45, 2.75) is 44.6 Å². The van der Waals surface area contributed by atoms with Crippen molar-refractivity contribution in [2.24, 2.45) is 17.8 Å². The van der Waals surface area contributed by atoms with Crippen LogP contribution in [0.1, 0.15) is 43.2 Å². The summed E-state index contributed by atoms with van der Waals surface area (Å²) in [6, 6.07) is 10.1. The van der Waals surface area contributed by atoms with Crippen molar-refractivity contribution in [3.63, 3.8) is 0 Å². The minimum atomic E-state index is 0.0915. The molecule has 0 saturated carbocycles. The van der Waals surface area contributed by atoms with Crippen LogP contribution in [0.25, 0.3) is 0 Å². The highest BCUT2D eigenvalue weighted by atomic mass is 16.5. The predicted octanol–water partition coefficient (Wildman–Crippen LogP) is 3.48. The van der Waals surface area contributed by atoms with Gasteiger partial charge in [0.1, 0.15) is 0 Å². The minimum Gasteiger partial charge on any atom is -0.381 e. The molecule has 0 N–H and O–H groups in total. The van der Waals surface area contributed by atoms with Crippen LogP contribution in [0.5, 0.6) is 0 Å². The lowest BCUT2D eigenvalue weighted by Crippen LogP contribution is -2.35. The maximum absolute atomic E-state index is 12.8. The summed E-state index contributed by atoms with van der Waals surface area (Å²) in [5.41, 5.74) is 2.85. The molecule has 3 aliphatic heterocycles. The van der Waals surface area contributed by atoms with Crippen molar-refractivity contribution >= 4 is 5.91 Å². The lowest BCUT2D eigenvalue weighted by Gasteiger charge is -2.23. The van der Waals surface area contributed by atoms with E-state index in [-0.39, 0.29) is 5.92 Å². The Morgan fingerprint density at radius 1 is 1.14 bits per heavy atom. The zero-order valence-electron chi connectivity index (χ0n) is 17.6. The third-order valence-electron chi connectivity index (χ3n) is 7.77. The second kappa shape index (κ2) is 8.23. The second-order valence-corrected chi connectivity index (χ2v) is 9.56. The molecular formula is C25H34N2O2. The molecule has 3 fully saturated rings. The average Bonchev–Trinajstić information content (AvgIpc) is 3.51. The summed E-state index contributed by atoms with van der Waals surface area (Å²) in [7, 11) is 0. The number of likely N-dealkylation sites (tertiary alicyclic amines) is 2. The largest absolute Gasteiger partial charge is 0.381 e. The monoisotopic (exact) mass is 394 g/mol. The Morgan fingerprint density at radius 2 is 2.00 bits per heavy atom. The lowest BCUT2D eigenvalue weighted by molar-refractivity contribution is -0.134. The highest BCUT2D eigenvalue weighted by molar-refractivity contribution is 5.79. The summed E-state index contributed by atoms with van der Waals surface area (Å²) in [6.45, 7) is 7.93. The number of carbonyl (C=O) groups excluding carboxylic acids is 1. The Labute approximate surface area is 174 Å². The summed E-state index contributed by atoms with van der Waals surface area (Å²) in [5.74, 6) is 1.91. The molecule has 4 nitrogen and oxygen atoms in total. The van der Waals surface area contributed by atoms with E-state index in [2.05, 4.69) is 53.1 Å². The number of nitrogens with zero attached hydrogens (tertiary/aromatic N) is 2. The average molecular weight is 395 g/mol. The van der Waals surface area contributed by atoms with Crippen LogP contribution in [0.3, 0.4) is 0 Å². The molecule has 0 radical (unpaired) electrons. The number of hydrogen-bond donors (Lipinski definition) is 0. The molecule has 5 unspecified atom stereocenters. The highest BCUT2D eigenvalue weighted by Crippen LogP contribution is 2.43. The van der Waals surface area contributed by atoms with Crippen LogP contribution in [0.4, 0.5) is 0 Å². The summed E-state index contributed by atoms with van der Waals surface area (Å²) < 4.78 is 5.43. The van der Waals surface area contributed by atoms with E-state index >= 15 is 0 Å². The molecule has 29 heavy (non-hydrogen) atoms. The summed E-state index contributed by atoms with van der Waals surface area (Å²) in [6.07, 6.45) is 9.48. The van der Waals surface area contributed by atoms with E-state index in [0.717, 1.165) is 38.6 Å². The lowest BCUT2D eigenvalue weighted by atomic mass is 9.85. The number of fused-ring (bicyclic) bond motifs is 1. The van der Waals surface area contributed by atoms with Gasteiger partial charge in [-0.05, 0) is 62.1 Å². The molecule has 5 rings (SSSR count). The zero-order chi connectivity index (χ0) is 19.8. The van der Waals surface area contributed by atoms with Gasteiger partial charge in [-0.2, -0.15) is 0 Å². The van der Waals surface area contributed by atoms with E-state index in [9.17, 15) is 4.79 Å². The second-order valence-electron chi connectivity index (χ2n) is 9.56. The van der Waals surface area contributed by atoms with Gasteiger partial charge in [-0.3, -0.25) is 4.79 Å². The number of ether oxygens (including phenoxy) is 1. The maximum Gasteiger partial charge on any atom is 0.228 e. The first kappa shape index (κ1) is 19.3. The Bertz CT molecular complexity index is 753. The van der Waals surface area contributed by atoms with Gasteiger partial charge < -0.3 is 14.5 Å². The Morgan fingerprint density at radius 3 is 2.72 bits per heavy atom. The molecule has 1 aromatic carbocycles. The molecule has 3 heterocycles. The summed E-state index contributed by atoms with van der Waals surface area (Å²) in [4.78, 5) is 17.5. The van der Waals surface area contributed by atoms with Crippen molar-refractivity contribution in [3.05, 3.63) is 47.5 Å². The molecule has 1 aliphatic carbocycles. The Balaban J connectivity index is 1.19. The fourth-order valence-electron chi connectivity index (χ4n) is 5.87. The fraction of sp³-hybridized carbons (Fsp3) is 0.640. The number of benzene rings is 1. The van der Waals surface area contributed by atoms with Crippen molar-refractivity contribution in [2.75, 3.05) is 39.4 Å². The van der Waals surface area contributed by atoms with Crippen molar-refractivity contribution < 1.29 is 9.53 Å². The molecule has 1 amide bonds. The van der Waals surface area contributed by atoms with Crippen LogP contribution in [0.2, 0.25) is 0 Å². The zero-order valence-corrected chi connectivity index (χ0v) is 17.6. The number of hydrogen-bond acceptors (Lipinski definition) is 3. The Hall–Kier alpha value is -1.65. The van der Waals surface area contributed by atoms with Gasteiger partial charge in [0.2, 0.25) is 5.91 Å². The van der Waals surface area contributed by atoms with Gasteiger partial charge in [0.05, 0.1) is 12.5 Å². The molecule has 0 spiro atoms. The standard InChI is InChI=1S/C25H34N2O2/c1-18-3-2-12-26(18)13-10-19-4-6-20(7-5-19)23-9-8-21-15-27(16-24(21)23)25(28)22-11-14-29-17-22/h4-9,18,21-24H,2-3,10-17H2,1H3. The van der Waals surface area contributed by atoms with Crippen molar-refractivity contribution in [1.82, 2.24) is 9.80 Å². The quantitative estimate of drug-likeness (QED) is 0.717. The van der Waals surface area contributed by atoms with E-state index in [0.29, 0.717) is 30.3 Å². The number of allylic oxidation sites excluding steroid dienone is 1. The van der Waals surface area contributed by atoms with Gasteiger partial charge in [-0.1, -0.05) is 36.4 Å². The molecule has 0 aromatic heterocycles. The topological polar surface area (TPSA) is 32.8 Å².